The highest BCUT2D eigenvalue weighted by Crippen LogP contribution is 2.27. The predicted molar refractivity (Wildman–Crippen MR) is 63.9 cm³/mol. The molecule has 0 unspecified atom stereocenters. The Kier molecular flexibility index (Phi) is 5.30. The Hall–Kier alpha value is -0.370. The zero-order valence-electron chi connectivity index (χ0n) is 10.4. The van der Waals surface area contributed by atoms with Crippen LogP contribution in [-0.4, -0.2) is 17.9 Å². The average molecular weight is 211 g/mol. The lowest BCUT2D eigenvalue weighted by atomic mass is 9.81. The molecule has 1 atom stereocenters. The van der Waals surface area contributed by atoms with Crippen molar-refractivity contribution in [2.45, 2.75) is 71.4 Å². The van der Waals surface area contributed by atoms with Crippen molar-refractivity contribution in [1.82, 2.24) is 5.32 Å². The van der Waals surface area contributed by atoms with Crippen LogP contribution < -0.4 is 5.32 Å². The van der Waals surface area contributed by atoms with E-state index in [-0.39, 0.29) is 6.04 Å². The fourth-order valence-corrected chi connectivity index (χ4v) is 2.54. The fourth-order valence-electron chi connectivity index (χ4n) is 2.54. The van der Waals surface area contributed by atoms with Gasteiger partial charge in [-0.2, -0.15) is 0 Å². The van der Waals surface area contributed by atoms with Gasteiger partial charge in [0.1, 0.15) is 5.78 Å². The van der Waals surface area contributed by atoms with E-state index in [9.17, 15) is 4.79 Å². The molecule has 0 aromatic rings. The molecule has 1 N–H and O–H groups in total. The van der Waals surface area contributed by atoms with Gasteiger partial charge < -0.3 is 5.32 Å². The van der Waals surface area contributed by atoms with Crippen LogP contribution in [0.3, 0.4) is 0 Å². The molecule has 1 aliphatic carbocycles. The zero-order valence-corrected chi connectivity index (χ0v) is 10.4. The van der Waals surface area contributed by atoms with E-state index in [1.807, 2.05) is 6.92 Å². The van der Waals surface area contributed by atoms with Crippen molar-refractivity contribution in [3.8, 4) is 0 Å². The normalized spacial score (nSPS) is 20.5. The number of carbonyl (C=O) groups is 1. The summed E-state index contributed by atoms with van der Waals surface area (Å²) in [7, 11) is 0. The molecule has 0 saturated heterocycles. The first-order valence-corrected chi connectivity index (χ1v) is 6.44. The van der Waals surface area contributed by atoms with Crippen LogP contribution in [0.5, 0.6) is 0 Å². The van der Waals surface area contributed by atoms with Gasteiger partial charge in [0.2, 0.25) is 0 Å². The van der Waals surface area contributed by atoms with Crippen LogP contribution in [0.4, 0.5) is 0 Å². The largest absolute Gasteiger partial charge is 0.305 e. The molecule has 2 heteroatoms. The minimum Gasteiger partial charge on any atom is -0.305 e. The topological polar surface area (TPSA) is 29.1 Å². The molecule has 1 saturated carbocycles. The first-order chi connectivity index (χ1) is 7.15. The Labute approximate surface area is 93.8 Å². The molecular weight excluding hydrogens is 186 g/mol. The first kappa shape index (κ1) is 12.7. The van der Waals surface area contributed by atoms with Gasteiger partial charge in [-0.15, -0.1) is 0 Å². The highest BCUT2D eigenvalue weighted by atomic mass is 16.1. The van der Waals surface area contributed by atoms with Crippen LogP contribution in [-0.2, 0) is 4.79 Å². The van der Waals surface area contributed by atoms with Crippen LogP contribution in [0, 0.1) is 5.92 Å². The number of hydrogen-bond donors (Lipinski definition) is 1. The number of hydrogen-bond acceptors (Lipinski definition) is 2. The third-order valence-electron chi connectivity index (χ3n) is 3.33. The molecule has 0 bridgehead atoms. The molecule has 88 valence electrons. The lowest BCUT2D eigenvalue weighted by molar-refractivity contribution is -0.122. The van der Waals surface area contributed by atoms with Gasteiger partial charge in [-0.05, 0) is 18.8 Å². The number of carbonyl (C=O) groups excluding carboxylic acids is 1. The predicted octanol–water partition coefficient (Wildman–Crippen LogP) is 2.91. The SMILES string of the molecule is CCC(=O)[C@H](NC(C)C)C1CCCCC1. The van der Waals surface area contributed by atoms with Crippen LogP contribution in [0.2, 0.25) is 0 Å². The summed E-state index contributed by atoms with van der Waals surface area (Å²) in [5, 5.41) is 3.45. The van der Waals surface area contributed by atoms with Gasteiger partial charge in [0.25, 0.3) is 0 Å². The Balaban J connectivity index is 2.57. The first-order valence-electron chi connectivity index (χ1n) is 6.44. The van der Waals surface area contributed by atoms with E-state index in [0.717, 1.165) is 0 Å². The highest BCUT2D eigenvalue weighted by Gasteiger charge is 2.28. The summed E-state index contributed by atoms with van der Waals surface area (Å²) in [6.45, 7) is 6.22. The number of nitrogens with one attached hydrogen (secondary N) is 1. The summed E-state index contributed by atoms with van der Waals surface area (Å²) in [5.41, 5.74) is 0. The maximum absolute atomic E-state index is 11.9. The van der Waals surface area contributed by atoms with E-state index in [4.69, 9.17) is 0 Å². The van der Waals surface area contributed by atoms with Crippen molar-refractivity contribution in [2.24, 2.45) is 5.92 Å². The van der Waals surface area contributed by atoms with Gasteiger partial charge in [0.05, 0.1) is 6.04 Å². The summed E-state index contributed by atoms with van der Waals surface area (Å²) in [4.78, 5) is 11.9. The Morgan fingerprint density at radius 3 is 2.33 bits per heavy atom. The van der Waals surface area contributed by atoms with Gasteiger partial charge in [-0.1, -0.05) is 40.0 Å². The molecule has 0 heterocycles. The molecule has 0 spiro atoms. The van der Waals surface area contributed by atoms with Gasteiger partial charge >= 0.3 is 0 Å². The van der Waals surface area contributed by atoms with E-state index in [1.165, 1.54) is 32.1 Å². The molecule has 2 nitrogen and oxygen atoms in total. The molecule has 1 rings (SSSR count). The second kappa shape index (κ2) is 6.26. The molecule has 0 aromatic heterocycles. The minimum atomic E-state index is 0.121. The molecular formula is C13H25NO. The molecule has 15 heavy (non-hydrogen) atoms. The molecule has 1 aliphatic rings. The summed E-state index contributed by atoms with van der Waals surface area (Å²) >= 11 is 0. The van der Waals surface area contributed by atoms with Crippen molar-refractivity contribution < 1.29 is 4.79 Å². The van der Waals surface area contributed by atoms with E-state index in [1.54, 1.807) is 0 Å². The number of rotatable bonds is 5. The quantitative estimate of drug-likeness (QED) is 0.757. The lowest BCUT2D eigenvalue weighted by Crippen LogP contribution is -2.46. The van der Waals surface area contributed by atoms with Crippen LogP contribution in [0.1, 0.15) is 59.3 Å². The van der Waals surface area contributed by atoms with Crippen molar-refractivity contribution >= 4 is 5.78 Å². The second-order valence-electron chi connectivity index (χ2n) is 5.02. The molecule has 0 amide bonds. The third-order valence-corrected chi connectivity index (χ3v) is 3.33. The molecule has 1 fully saturated rings. The fraction of sp³-hybridized carbons (Fsp3) is 0.923. The monoisotopic (exact) mass is 211 g/mol. The summed E-state index contributed by atoms with van der Waals surface area (Å²) in [5.74, 6) is 0.990. The number of Topliss-reactive ketones (excluding diaryl/α,β-unsaturated/α-hetero) is 1. The van der Waals surface area contributed by atoms with E-state index >= 15 is 0 Å². The van der Waals surface area contributed by atoms with Gasteiger partial charge in [-0.3, -0.25) is 4.79 Å². The molecule has 0 aromatic carbocycles. The van der Waals surface area contributed by atoms with Crippen LogP contribution >= 0.6 is 0 Å². The zero-order chi connectivity index (χ0) is 11.3. The standard InChI is InChI=1S/C13H25NO/c1-4-12(15)13(14-10(2)3)11-8-6-5-7-9-11/h10-11,13-14H,4-9H2,1-3H3/t13-/m1/s1. The van der Waals surface area contributed by atoms with E-state index < -0.39 is 0 Å². The lowest BCUT2D eigenvalue weighted by Gasteiger charge is -2.31. The minimum absolute atomic E-state index is 0.121. The molecule has 0 aliphatic heterocycles. The summed E-state index contributed by atoms with van der Waals surface area (Å²) in [6, 6.07) is 0.530. The van der Waals surface area contributed by atoms with Crippen molar-refractivity contribution in [3.05, 3.63) is 0 Å². The number of ketones is 1. The maximum atomic E-state index is 11.9. The highest BCUT2D eigenvalue weighted by molar-refractivity contribution is 5.84. The van der Waals surface area contributed by atoms with Crippen molar-refractivity contribution in [1.29, 1.82) is 0 Å². The van der Waals surface area contributed by atoms with Crippen LogP contribution in [0.15, 0.2) is 0 Å². The Morgan fingerprint density at radius 1 is 1.27 bits per heavy atom. The average Bonchev–Trinajstić information content (AvgIpc) is 2.26. The maximum Gasteiger partial charge on any atom is 0.149 e. The third kappa shape index (κ3) is 3.94. The Morgan fingerprint density at radius 2 is 1.87 bits per heavy atom. The summed E-state index contributed by atoms with van der Waals surface area (Å²) < 4.78 is 0. The van der Waals surface area contributed by atoms with Gasteiger partial charge in [0, 0.05) is 12.5 Å². The van der Waals surface area contributed by atoms with Crippen molar-refractivity contribution in [2.75, 3.05) is 0 Å². The van der Waals surface area contributed by atoms with E-state index in [2.05, 4.69) is 19.2 Å². The van der Waals surface area contributed by atoms with Gasteiger partial charge in [0.15, 0.2) is 0 Å². The van der Waals surface area contributed by atoms with Gasteiger partial charge in [-0.25, -0.2) is 0 Å². The smallest absolute Gasteiger partial charge is 0.149 e. The second-order valence-corrected chi connectivity index (χ2v) is 5.02. The summed E-state index contributed by atoms with van der Waals surface area (Å²) in [6.07, 6.45) is 7.09. The Bertz CT molecular complexity index is 195. The van der Waals surface area contributed by atoms with E-state index in [0.29, 0.717) is 24.2 Å². The molecule has 0 radical (unpaired) electrons. The van der Waals surface area contributed by atoms with Crippen LogP contribution in [0.25, 0.3) is 0 Å². The van der Waals surface area contributed by atoms with Crippen molar-refractivity contribution in [3.63, 3.8) is 0 Å².